The summed E-state index contributed by atoms with van der Waals surface area (Å²) >= 11 is 0. The van der Waals surface area contributed by atoms with Crippen molar-refractivity contribution in [1.82, 2.24) is 9.47 Å². The van der Waals surface area contributed by atoms with E-state index in [0.29, 0.717) is 43.8 Å². The molecular formula is C27H28FN3O5. The molecule has 2 aromatic carbocycles. The molecule has 0 bridgehead atoms. The van der Waals surface area contributed by atoms with E-state index in [9.17, 15) is 14.4 Å². The maximum atomic E-state index is 15.5. The fourth-order valence-corrected chi connectivity index (χ4v) is 5.00. The first-order chi connectivity index (χ1) is 17.3. The van der Waals surface area contributed by atoms with Gasteiger partial charge in [0.1, 0.15) is 11.6 Å². The molecule has 2 fully saturated rings. The van der Waals surface area contributed by atoms with Crippen LogP contribution in [0, 0.1) is 5.82 Å². The van der Waals surface area contributed by atoms with Crippen LogP contribution in [0.5, 0.6) is 5.75 Å². The number of carboxylic acid groups (broad SMARTS) is 1. The average Bonchev–Trinajstić information content (AvgIpc) is 3.70. The standard InChI is InChI=1S/C27H28FN3O5/c1-17(32)9-10-29-11-12-30(15-24(29)18-5-3-2-4-6-18)23-14-22-20(13-21(23)28)26(33)25(36-27(34)35)16-31(22)19-7-8-19/h2-6,13-14,16,19,24H,7-12,15H2,1H3,(H,34,35). The number of hydrogen-bond donors (Lipinski definition) is 1. The van der Waals surface area contributed by atoms with E-state index < -0.39 is 17.4 Å². The minimum absolute atomic E-state index is 0.0219. The number of anilines is 1. The van der Waals surface area contributed by atoms with Gasteiger partial charge in [-0.3, -0.25) is 14.5 Å². The molecule has 1 unspecified atom stereocenters. The van der Waals surface area contributed by atoms with Crippen molar-refractivity contribution >= 4 is 28.5 Å². The predicted octanol–water partition coefficient (Wildman–Crippen LogP) is 4.37. The molecule has 188 valence electrons. The summed E-state index contributed by atoms with van der Waals surface area (Å²) in [5.41, 5.74) is 1.41. The molecular weight excluding hydrogens is 465 g/mol. The van der Waals surface area contributed by atoms with Gasteiger partial charge in [0.15, 0.2) is 5.75 Å². The fourth-order valence-electron chi connectivity index (χ4n) is 5.00. The van der Waals surface area contributed by atoms with Gasteiger partial charge in [0.25, 0.3) is 0 Å². The number of nitrogens with zero attached hydrogens (tertiary/aromatic N) is 3. The maximum absolute atomic E-state index is 15.5. The van der Waals surface area contributed by atoms with Crippen LogP contribution in [-0.4, -0.2) is 52.7 Å². The molecule has 0 amide bonds. The van der Waals surface area contributed by atoms with Crippen LogP contribution in [0.15, 0.2) is 53.5 Å². The summed E-state index contributed by atoms with van der Waals surface area (Å²) < 4.78 is 22.0. The molecule has 2 aliphatic rings. The van der Waals surface area contributed by atoms with Crippen molar-refractivity contribution in [2.75, 3.05) is 31.1 Å². The molecule has 36 heavy (non-hydrogen) atoms. The van der Waals surface area contributed by atoms with E-state index in [4.69, 9.17) is 9.84 Å². The number of ketones is 1. The zero-order valence-electron chi connectivity index (χ0n) is 20.0. The zero-order valence-corrected chi connectivity index (χ0v) is 20.0. The zero-order chi connectivity index (χ0) is 25.4. The van der Waals surface area contributed by atoms with Crippen molar-refractivity contribution in [2.45, 2.75) is 38.3 Å². The molecule has 3 aromatic rings. The Kier molecular flexibility index (Phi) is 6.49. The SMILES string of the molecule is CC(=O)CCN1CCN(c2cc3c(cc2F)c(=O)c(OC(=O)O)cn3C2CC2)CC1c1ccccc1. The molecule has 5 rings (SSSR count). The van der Waals surface area contributed by atoms with E-state index >= 15 is 4.39 Å². The van der Waals surface area contributed by atoms with Crippen LogP contribution in [0.3, 0.4) is 0 Å². The van der Waals surface area contributed by atoms with E-state index in [1.165, 1.54) is 12.3 Å². The van der Waals surface area contributed by atoms with Crippen LogP contribution in [-0.2, 0) is 4.79 Å². The maximum Gasteiger partial charge on any atom is 0.511 e. The molecule has 2 heterocycles. The van der Waals surface area contributed by atoms with Crippen molar-refractivity contribution in [2.24, 2.45) is 0 Å². The first-order valence-corrected chi connectivity index (χ1v) is 12.1. The van der Waals surface area contributed by atoms with E-state index in [-0.39, 0.29) is 29.0 Å². The largest absolute Gasteiger partial charge is 0.511 e. The smallest absolute Gasteiger partial charge is 0.449 e. The molecule has 8 nitrogen and oxygen atoms in total. The molecule has 0 spiro atoms. The lowest BCUT2D eigenvalue weighted by molar-refractivity contribution is -0.117. The van der Waals surface area contributed by atoms with Crippen LogP contribution >= 0.6 is 0 Å². The fraction of sp³-hybridized carbons (Fsp3) is 0.370. The Bertz CT molecular complexity index is 1370. The number of Topliss-reactive ketones (excluding diaryl/α,β-unsaturated/α-hetero) is 1. The number of hydrogen-bond acceptors (Lipinski definition) is 6. The minimum atomic E-state index is -1.58. The third kappa shape index (κ3) is 4.83. The summed E-state index contributed by atoms with van der Waals surface area (Å²) in [5, 5.41) is 9.11. The van der Waals surface area contributed by atoms with Crippen molar-refractivity contribution in [3.05, 3.63) is 70.3 Å². The third-order valence-corrected chi connectivity index (χ3v) is 6.97. The normalized spacial score (nSPS) is 18.4. The molecule has 1 saturated heterocycles. The first kappa shape index (κ1) is 24.0. The van der Waals surface area contributed by atoms with Crippen molar-refractivity contribution < 1.29 is 23.8 Å². The number of piperazine rings is 1. The lowest BCUT2D eigenvalue weighted by Crippen LogP contribution is -2.49. The lowest BCUT2D eigenvalue weighted by Gasteiger charge is -2.43. The van der Waals surface area contributed by atoms with Gasteiger partial charge >= 0.3 is 6.16 Å². The lowest BCUT2D eigenvalue weighted by atomic mass is 10.0. The van der Waals surface area contributed by atoms with Crippen molar-refractivity contribution in [3.8, 4) is 5.75 Å². The number of pyridine rings is 1. The van der Waals surface area contributed by atoms with E-state index in [0.717, 1.165) is 18.4 Å². The Balaban J connectivity index is 1.53. The molecule has 1 aliphatic carbocycles. The second kappa shape index (κ2) is 9.73. The monoisotopic (exact) mass is 493 g/mol. The van der Waals surface area contributed by atoms with Crippen molar-refractivity contribution in [1.29, 1.82) is 0 Å². The van der Waals surface area contributed by atoms with Crippen LogP contribution in [0.25, 0.3) is 10.9 Å². The second-order valence-corrected chi connectivity index (χ2v) is 9.51. The number of rotatable bonds is 7. The van der Waals surface area contributed by atoms with Gasteiger partial charge in [-0.1, -0.05) is 30.3 Å². The quantitative estimate of drug-likeness (QED) is 0.489. The van der Waals surface area contributed by atoms with E-state index in [2.05, 4.69) is 4.90 Å². The van der Waals surface area contributed by atoms with Gasteiger partial charge in [0.2, 0.25) is 5.43 Å². The van der Waals surface area contributed by atoms with Gasteiger partial charge in [0, 0.05) is 38.6 Å². The van der Waals surface area contributed by atoms with Crippen LogP contribution in [0.1, 0.15) is 43.8 Å². The van der Waals surface area contributed by atoms with Gasteiger partial charge in [-0.2, -0.15) is 0 Å². The highest BCUT2D eigenvalue weighted by Gasteiger charge is 2.31. The summed E-state index contributed by atoms with van der Waals surface area (Å²) in [7, 11) is 0. The number of halogens is 1. The number of ether oxygens (including phenoxy) is 1. The molecule has 0 radical (unpaired) electrons. The van der Waals surface area contributed by atoms with Crippen LogP contribution in [0.2, 0.25) is 0 Å². The second-order valence-electron chi connectivity index (χ2n) is 9.51. The number of benzene rings is 2. The Morgan fingerprint density at radius 1 is 1.14 bits per heavy atom. The summed E-state index contributed by atoms with van der Waals surface area (Å²) in [6.45, 7) is 3.97. The first-order valence-electron chi connectivity index (χ1n) is 12.1. The topological polar surface area (TPSA) is 92.1 Å². The third-order valence-electron chi connectivity index (χ3n) is 6.97. The number of carbonyl (C=O) groups is 2. The molecule has 1 aromatic heterocycles. The average molecular weight is 494 g/mol. The highest BCUT2D eigenvalue weighted by atomic mass is 19.1. The summed E-state index contributed by atoms with van der Waals surface area (Å²) in [6, 6.07) is 13.0. The van der Waals surface area contributed by atoms with E-state index in [1.54, 1.807) is 13.0 Å². The highest BCUT2D eigenvalue weighted by molar-refractivity contribution is 5.85. The Hall–Kier alpha value is -3.72. The Morgan fingerprint density at radius 2 is 1.89 bits per heavy atom. The van der Waals surface area contributed by atoms with Gasteiger partial charge in [-0.15, -0.1) is 0 Å². The summed E-state index contributed by atoms with van der Waals surface area (Å²) in [6.07, 6.45) is 2.08. The molecule has 9 heteroatoms. The molecule has 1 saturated carbocycles. The predicted molar refractivity (Wildman–Crippen MR) is 133 cm³/mol. The summed E-state index contributed by atoms with van der Waals surface area (Å²) in [4.78, 5) is 39.8. The number of fused-ring (bicyclic) bond motifs is 1. The minimum Gasteiger partial charge on any atom is -0.449 e. The van der Waals surface area contributed by atoms with Gasteiger partial charge in [-0.25, -0.2) is 9.18 Å². The molecule has 1 N–H and O–H groups in total. The number of carbonyl (C=O) groups excluding carboxylic acids is 1. The van der Waals surface area contributed by atoms with Gasteiger partial charge in [0.05, 0.1) is 28.8 Å². The Morgan fingerprint density at radius 3 is 2.56 bits per heavy atom. The molecule has 1 aliphatic heterocycles. The van der Waals surface area contributed by atoms with E-state index in [1.807, 2.05) is 39.8 Å². The van der Waals surface area contributed by atoms with Gasteiger partial charge in [-0.05, 0) is 37.5 Å². The van der Waals surface area contributed by atoms with Crippen LogP contribution < -0.4 is 15.1 Å². The van der Waals surface area contributed by atoms with Gasteiger partial charge < -0.3 is 19.3 Å². The highest BCUT2D eigenvalue weighted by Crippen LogP contribution is 2.39. The molecule has 1 atom stereocenters. The van der Waals surface area contributed by atoms with Crippen LogP contribution in [0.4, 0.5) is 14.9 Å². The Labute approximate surface area is 207 Å². The number of aromatic nitrogens is 1. The van der Waals surface area contributed by atoms with Crippen molar-refractivity contribution in [3.63, 3.8) is 0 Å². The summed E-state index contributed by atoms with van der Waals surface area (Å²) in [5.74, 6) is -0.732.